The highest BCUT2D eigenvalue weighted by Gasteiger charge is 2.48. The molecule has 0 fully saturated rings. The van der Waals surface area contributed by atoms with Gasteiger partial charge >= 0.3 is 0 Å². The number of benzene rings is 9. The van der Waals surface area contributed by atoms with E-state index in [1.807, 2.05) is 0 Å². The van der Waals surface area contributed by atoms with Gasteiger partial charge in [-0.15, -0.1) is 0 Å². The smallest absolute Gasteiger partial charge is 0.0714 e. The summed E-state index contributed by atoms with van der Waals surface area (Å²) >= 11 is 0. The Morgan fingerprint density at radius 2 is 0.721 bits per heavy atom. The van der Waals surface area contributed by atoms with Crippen molar-refractivity contribution in [1.29, 1.82) is 0 Å². The first-order valence-electron chi connectivity index (χ1n) is 24.5. The van der Waals surface area contributed by atoms with E-state index in [1.165, 1.54) is 83.5 Å². The molecule has 0 N–H and O–H groups in total. The van der Waals surface area contributed by atoms with Crippen LogP contribution >= 0.6 is 0 Å². The lowest BCUT2D eigenvalue weighted by Crippen LogP contribution is -2.29. The Hall–Kier alpha value is -7.22. The van der Waals surface area contributed by atoms with Gasteiger partial charge in [-0.05, 0) is 137 Å². The van der Waals surface area contributed by atoms with Crippen LogP contribution in [-0.2, 0) is 21.7 Å². The van der Waals surface area contributed by atoms with Crippen LogP contribution in [0.15, 0.2) is 218 Å². The molecule has 68 heavy (non-hydrogen) atoms. The summed E-state index contributed by atoms with van der Waals surface area (Å²) in [6.07, 6.45) is 0. The van der Waals surface area contributed by atoms with Gasteiger partial charge in [-0.25, -0.2) is 0 Å². The van der Waals surface area contributed by atoms with Crippen molar-refractivity contribution >= 4 is 17.1 Å². The van der Waals surface area contributed by atoms with Crippen molar-refractivity contribution in [3.05, 3.63) is 280 Å². The van der Waals surface area contributed by atoms with E-state index >= 15 is 0 Å². The predicted molar refractivity (Wildman–Crippen MR) is 287 cm³/mol. The third kappa shape index (κ3) is 6.73. The van der Waals surface area contributed by atoms with Crippen molar-refractivity contribution in [3.8, 4) is 22.3 Å². The molecule has 0 saturated carbocycles. The average molecular weight is 880 g/mol. The zero-order valence-corrected chi connectivity index (χ0v) is 40.8. The minimum absolute atomic E-state index is 0.0403. The van der Waals surface area contributed by atoms with Gasteiger partial charge in [0.25, 0.3) is 0 Å². The van der Waals surface area contributed by atoms with Crippen LogP contribution in [0.3, 0.4) is 0 Å². The summed E-state index contributed by atoms with van der Waals surface area (Å²) in [6.45, 7) is 18.4. The summed E-state index contributed by atoms with van der Waals surface area (Å²) in [6, 6.07) is 83.2. The van der Waals surface area contributed by atoms with E-state index in [1.54, 1.807) is 0 Å². The monoisotopic (exact) mass is 879 g/mol. The molecule has 0 aromatic heterocycles. The third-order valence-electron chi connectivity index (χ3n) is 15.2. The Morgan fingerprint density at radius 3 is 1.25 bits per heavy atom. The van der Waals surface area contributed by atoms with E-state index < -0.39 is 10.8 Å². The fourth-order valence-corrected chi connectivity index (χ4v) is 11.7. The highest BCUT2D eigenvalue weighted by Crippen LogP contribution is 2.60. The topological polar surface area (TPSA) is 3.24 Å². The highest BCUT2D eigenvalue weighted by atomic mass is 15.1. The number of fused-ring (bicyclic) bond motifs is 6. The summed E-state index contributed by atoms with van der Waals surface area (Å²) in [7, 11) is 0. The van der Waals surface area contributed by atoms with Crippen LogP contribution in [0, 0.1) is 0 Å². The van der Waals surface area contributed by atoms with Crippen molar-refractivity contribution in [2.75, 3.05) is 4.90 Å². The van der Waals surface area contributed by atoms with E-state index in [0.29, 0.717) is 5.92 Å². The lowest BCUT2D eigenvalue weighted by molar-refractivity contribution is 0.589. The molecule has 0 radical (unpaired) electrons. The first-order chi connectivity index (χ1) is 32.8. The largest absolute Gasteiger partial charge is 0.310 e. The molecule has 334 valence electrons. The highest BCUT2D eigenvalue weighted by molar-refractivity contribution is 5.92. The fourth-order valence-electron chi connectivity index (χ4n) is 11.7. The molecule has 11 rings (SSSR count). The van der Waals surface area contributed by atoms with Crippen molar-refractivity contribution in [1.82, 2.24) is 0 Å². The van der Waals surface area contributed by atoms with Crippen LogP contribution in [0.5, 0.6) is 0 Å². The predicted octanol–water partition coefficient (Wildman–Crippen LogP) is 17.6. The van der Waals surface area contributed by atoms with Crippen molar-refractivity contribution in [2.45, 2.75) is 83.0 Å². The molecule has 2 aliphatic carbocycles. The molecule has 0 aliphatic heterocycles. The van der Waals surface area contributed by atoms with Crippen molar-refractivity contribution in [2.24, 2.45) is 0 Å². The standard InChI is InChI=1S/C67H61N/c1-45(2)46-27-29-50(30-28-46)66(51-35-31-47(32-36-51)64(3,4)5)61-26-18-16-24-57(61)59-43-54(40-42-62(59)66)68(53-21-13-10-14-22-53)55-39-41-58-56-23-15-17-25-60(56)67(63(58)44-55,49-19-11-9-12-20-49)52-37-33-48(34-38-52)65(6,7)8/h9-45H,1-8H3. The first kappa shape index (κ1) is 43.4. The zero-order valence-electron chi connectivity index (χ0n) is 40.8. The van der Waals surface area contributed by atoms with Crippen LogP contribution in [0.1, 0.15) is 123 Å². The second kappa shape index (κ2) is 16.2. The summed E-state index contributed by atoms with van der Waals surface area (Å²) in [5, 5.41) is 0. The van der Waals surface area contributed by atoms with Crippen molar-refractivity contribution in [3.63, 3.8) is 0 Å². The Balaban J connectivity index is 1.14. The van der Waals surface area contributed by atoms with E-state index in [0.717, 1.165) is 17.1 Å². The lowest BCUT2D eigenvalue weighted by atomic mass is 9.67. The molecule has 0 amide bonds. The normalized spacial score (nSPS) is 17.1. The van der Waals surface area contributed by atoms with Crippen LogP contribution in [0.25, 0.3) is 22.3 Å². The number of anilines is 3. The van der Waals surface area contributed by atoms with Gasteiger partial charge in [0.05, 0.1) is 10.8 Å². The average Bonchev–Trinajstić information content (AvgIpc) is 3.82. The van der Waals surface area contributed by atoms with E-state index in [4.69, 9.17) is 0 Å². The molecule has 2 aliphatic rings. The maximum Gasteiger partial charge on any atom is 0.0714 e. The molecular formula is C67H61N. The van der Waals surface area contributed by atoms with Gasteiger partial charge < -0.3 is 4.90 Å². The second-order valence-electron chi connectivity index (χ2n) is 21.5. The lowest BCUT2D eigenvalue weighted by Gasteiger charge is -2.36. The van der Waals surface area contributed by atoms with Gasteiger partial charge in [-0.2, -0.15) is 0 Å². The number of para-hydroxylation sites is 1. The second-order valence-corrected chi connectivity index (χ2v) is 21.5. The summed E-state index contributed by atoms with van der Waals surface area (Å²) in [5.74, 6) is 0.445. The van der Waals surface area contributed by atoms with Gasteiger partial charge in [0.2, 0.25) is 0 Å². The summed E-state index contributed by atoms with van der Waals surface area (Å²) in [4.78, 5) is 2.47. The fraction of sp³-hybridized carbons (Fsp3) is 0.194. The van der Waals surface area contributed by atoms with Crippen LogP contribution in [-0.4, -0.2) is 0 Å². The molecular weight excluding hydrogens is 819 g/mol. The first-order valence-corrected chi connectivity index (χ1v) is 24.5. The number of nitrogens with zero attached hydrogens (tertiary/aromatic N) is 1. The molecule has 2 atom stereocenters. The van der Waals surface area contributed by atoms with Crippen LogP contribution in [0.2, 0.25) is 0 Å². The molecule has 1 heteroatoms. The zero-order chi connectivity index (χ0) is 47.0. The maximum absolute atomic E-state index is 2.49. The molecule has 1 nitrogen and oxygen atoms in total. The third-order valence-corrected chi connectivity index (χ3v) is 15.2. The quantitative estimate of drug-likeness (QED) is 0.147. The van der Waals surface area contributed by atoms with Crippen molar-refractivity contribution < 1.29 is 0 Å². The minimum Gasteiger partial charge on any atom is -0.310 e. The Morgan fingerprint density at radius 1 is 0.324 bits per heavy atom. The molecule has 9 aromatic carbocycles. The molecule has 0 saturated heterocycles. The van der Waals surface area contributed by atoms with Crippen LogP contribution < -0.4 is 4.90 Å². The number of rotatable bonds is 8. The summed E-state index contributed by atoms with van der Waals surface area (Å²) < 4.78 is 0. The van der Waals surface area contributed by atoms with E-state index in [-0.39, 0.29) is 10.8 Å². The number of hydrogen-bond acceptors (Lipinski definition) is 1. The SMILES string of the molecule is CC(C)c1ccc(C2(c3ccc(C(C)(C)C)cc3)c3ccccc3-c3cc(N(c4ccccc4)c4ccc5c(c4)C(c4ccccc4)(c4ccc(C(C)(C)C)cc4)c4ccccc4-5)ccc32)cc1. The molecule has 9 aromatic rings. The summed E-state index contributed by atoms with van der Waals surface area (Å²) in [5.41, 5.74) is 21.8. The van der Waals surface area contributed by atoms with Gasteiger partial charge in [0.1, 0.15) is 0 Å². The van der Waals surface area contributed by atoms with Gasteiger partial charge in [0.15, 0.2) is 0 Å². The van der Waals surface area contributed by atoms with E-state index in [2.05, 4.69) is 279 Å². The maximum atomic E-state index is 2.49. The van der Waals surface area contributed by atoms with Crippen LogP contribution in [0.4, 0.5) is 17.1 Å². The van der Waals surface area contributed by atoms with Gasteiger partial charge in [0, 0.05) is 17.1 Å². The van der Waals surface area contributed by atoms with Gasteiger partial charge in [-0.1, -0.05) is 237 Å². The van der Waals surface area contributed by atoms with E-state index in [9.17, 15) is 0 Å². The molecule has 0 bridgehead atoms. The minimum atomic E-state index is -0.536. The Labute approximate surface area is 404 Å². The van der Waals surface area contributed by atoms with Gasteiger partial charge in [-0.3, -0.25) is 0 Å². The Kier molecular flexibility index (Phi) is 10.4. The molecule has 0 heterocycles. The Bertz CT molecular complexity index is 3290. The number of hydrogen-bond donors (Lipinski definition) is 0. The molecule has 2 unspecified atom stereocenters. The molecule has 0 spiro atoms.